The first-order valence-corrected chi connectivity index (χ1v) is 11.1. The van der Waals surface area contributed by atoms with Crippen LogP contribution >= 0.6 is 0 Å². The predicted octanol–water partition coefficient (Wildman–Crippen LogP) is 2.60. The summed E-state index contributed by atoms with van der Waals surface area (Å²) in [6, 6.07) is 8.28. The second-order valence-corrected chi connectivity index (χ2v) is 8.75. The van der Waals surface area contributed by atoms with Gasteiger partial charge in [0.2, 0.25) is 5.91 Å². The molecule has 1 atom stereocenters. The Hall–Kier alpha value is -2.28. The summed E-state index contributed by atoms with van der Waals surface area (Å²) >= 11 is 0. The highest BCUT2D eigenvalue weighted by Gasteiger charge is 2.59. The third-order valence-electron chi connectivity index (χ3n) is 7.02. The molecule has 0 bridgehead atoms. The standard InChI is InChI=1S/C23H33N3O4/c1-3-30-22(28)26-14-12-25(13-15-26)21(27)20-16-23(20)8-10-24(11-9-23)17-18-4-6-19(29-2)7-5-18/h4-7,20H,3,8-17H2,1-2H3. The number of hydrogen-bond donors (Lipinski definition) is 0. The van der Waals surface area contributed by atoms with Crippen molar-refractivity contribution in [2.75, 3.05) is 53.0 Å². The Morgan fingerprint density at radius 1 is 1.00 bits per heavy atom. The van der Waals surface area contributed by atoms with Gasteiger partial charge >= 0.3 is 6.09 Å². The van der Waals surface area contributed by atoms with Crippen LogP contribution in [0.4, 0.5) is 4.79 Å². The zero-order chi connectivity index (χ0) is 21.1. The number of methoxy groups -OCH3 is 1. The first kappa shape index (κ1) is 21.0. The van der Waals surface area contributed by atoms with Gasteiger partial charge in [0.15, 0.2) is 0 Å². The Bertz CT molecular complexity index is 750. The van der Waals surface area contributed by atoms with Crippen molar-refractivity contribution in [2.45, 2.75) is 32.7 Å². The monoisotopic (exact) mass is 415 g/mol. The van der Waals surface area contributed by atoms with Crippen molar-refractivity contribution in [2.24, 2.45) is 11.3 Å². The van der Waals surface area contributed by atoms with Gasteiger partial charge in [-0.15, -0.1) is 0 Å². The van der Waals surface area contributed by atoms with Crippen molar-refractivity contribution >= 4 is 12.0 Å². The van der Waals surface area contributed by atoms with Gasteiger partial charge in [-0.2, -0.15) is 0 Å². The second kappa shape index (κ2) is 8.84. The molecule has 7 nitrogen and oxygen atoms in total. The lowest BCUT2D eigenvalue weighted by Gasteiger charge is -2.36. The summed E-state index contributed by atoms with van der Waals surface area (Å²) < 4.78 is 10.3. The van der Waals surface area contributed by atoms with Gasteiger partial charge in [-0.05, 0) is 62.4 Å². The van der Waals surface area contributed by atoms with Crippen LogP contribution in [0.15, 0.2) is 24.3 Å². The van der Waals surface area contributed by atoms with E-state index in [2.05, 4.69) is 17.0 Å². The molecule has 1 aliphatic carbocycles. The van der Waals surface area contributed by atoms with E-state index in [1.54, 1.807) is 12.0 Å². The Morgan fingerprint density at radius 3 is 2.23 bits per heavy atom. The van der Waals surface area contributed by atoms with E-state index in [0.717, 1.165) is 44.6 Å². The van der Waals surface area contributed by atoms with Crippen molar-refractivity contribution in [1.29, 1.82) is 0 Å². The van der Waals surface area contributed by atoms with Gasteiger partial charge in [-0.25, -0.2) is 4.79 Å². The minimum absolute atomic E-state index is 0.176. The number of piperidine rings is 1. The van der Waals surface area contributed by atoms with Crippen LogP contribution in [-0.2, 0) is 16.1 Å². The number of amides is 2. The van der Waals surface area contributed by atoms with Gasteiger partial charge in [0, 0.05) is 38.6 Å². The first-order chi connectivity index (χ1) is 14.5. The van der Waals surface area contributed by atoms with E-state index in [-0.39, 0.29) is 17.4 Å². The fourth-order valence-electron chi connectivity index (χ4n) is 4.94. The minimum Gasteiger partial charge on any atom is -0.497 e. The number of hydrogen-bond acceptors (Lipinski definition) is 5. The number of benzene rings is 1. The number of ether oxygens (including phenoxy) is 2. The molecule has 2 amide bonds. The Labute approximate surface area is 178 Å². The molecule has 1 aromatic carbocycles. The van der Waals surface area contributed by atoms with E-state index in [9.17, 15) is 9.59 Å². The van der Waals surface area contributed by atoms with Gasteiger partial charge in [0.25, 0.3) is 0 Å². The highest BCUT2D eigenvalue weighted by atomic mass is 16.6. The minimum atomic E-state index is -0.267. The van der Waals surface area contributed by atoms with Crippen LogP contribution < -0.4 is 4.74 Å². The topological polar surface area (TPSA) is 62.3 Å². The Balaban J connectivity index is 1.22. The van der Waals surface area contributed by atoms with Gasteiger partial charge < -0.3 is 19.3 Å². The van der Waals surface area contributed by atoms with Crippen LogP contribution in [0.25, 0.3) is 0 Å². The van der Waals surface area contributed by atoms with Crippen LogP contribution in [0.3, 0.4) is 0 Å². The third kappa shape index (κ3) is 4.41. The molecule has 2 saturated heterocycles. The molecule has 7 heteroatoms. The lowest BCUT2D eigenvalue weighted by Crippen LogP contribution is -2.51. The van der Waals surface area contributed by atoms with Crippen molar-refractivity contribution in [3.8, 4) is 5.75 Å². The molecule has 0 N–H and O–H groups in total. The molecule has 0 aromatic heterocycles. The predicted molar refractivity (Wildman–Crippen MR) is 113 cm³/mol. The maximum absolute atomic E-state index is 13.0. The lowest BCUT2D eigenvalue weighted by molar-refractivity contribution is -0.135. The average Bonchev–Trinajstić information content (AvgIpc) is 3.49. The van der Waals surface area contributed by atoms with Crippen molar-refractivity contribution in [3.05, 3.63) is 29.8 Å². The summed E-state index contributed by atoms with van der Waals surface area (Å²) in [4.78, 5) is 31.0. The number of rotatable bonds is 5. The first-order valence-electron chi connectivity index (χ1n) is 11.1. The van der Waals surface area contributed by atoms with Crippen LogP contribution in [0, 0.1) is 11.3 Å². The molecule has 164 valence electrons. The van der Waals surface area contributed by atoms with Gasteiger partial charge in [-0.3, -0.25) is 9.69 Å². The fraction of sp³-hybridized carbons (Fsp3) is 0.652. The quantitative estimate of drug-likeness (QED) is 0.740. The lowest BCUT2D eigenvalue weighted by atomic mass is 9.90. The molecule has 30 heavy (non-hydrogen) atoms. The van der Waals surface area contributed by atoms with Gasteiger partial charge in [0.1, 0.15) is 5.75 Å². The number of piperazine rings is 1. The molecule has 2 aliphatic heterocycles. The zero-order valence-corrected chi connectivity index (χ0v) is 18.1. The molecule has 1 saturated carbocycles. The van der Waals surface area contributed by atoms with Crippen molar-refractivity contribution < 1.29 is 19.1 Å². The van der Waals surface area contributed by atoms with E-state index < -0.39 is 0 Å². The largest absolute Gasteiger partial charge is 0.497 e. The summed E-state index contributed by atoms with van der Waals surface area (Å²) in [7, 11) is 1.69. The number of carbonyl (C=O) groups is 2. The van der Waals surface area contributed by atoms with Crippen LogP contribution in [0.1, 0.15) is 31.7 Å². The smallest absolute Gasteiger partial charge is 0.409 e. The summed E-state index contributed by atoms with van der Waals surface area (Å²) in [6.45, 7) is 7.62. The van der Waals surface area contributed by atoms with Crippen LogP contribution in [-0.4, -0.2) is 79.7 Å². The molecule has 3 aliphatic rings. The molecule has 1 aromatic rings. The fourth-order valence-corrected chi connectivity index (χ4v) is 4.94. The average molecular weight is 416 g/mol. The SMILES string of the molecule is CCOC(=O)N1CCN(C(=O)C2CC23CCN(Cc2ccc(OC)cc2)CC3)CC1. The number of nitrogens with zero attached hydrogens (tertiary/aromatic N) is 3. The summed E-state index contributed by atoms with van der Waals surface area (Å²) in [5.74, 6) is 1.36. The summed E-state index contributed by atoms with van der Waals surface area (Å²) in [5.41, 5.74) is 1.51. The van der Waals surface area contributed by atoms with Gasteiger partial charge in [-0.1, -0.05) is 12.1 Å². The second-order valence-electron chi connectivity index (χ2n) is 8.75. The molecule has 4 rings (SSSR count). The van der Waals surface area contributed by atoms with Crippen molar-refractivity contribution in [3.63, 3.8) is 0 Å². The van der Waals surface area contributed by atoms with Gasteiger partial charge in [0.05, 0.1) is 13.7 Å². The maximum Gasteiger partial charge on any atom is 0.409 e. The van der Waals surface area contributed by atoms with Crippen molar-refractivity contribution in [1.82, 2.24) is 14.7 Å². The zero-order valence-electron chi connectivity index (χ0n) is 18.1. The van der Waals surface area contributed by atoms with Crippen LogP contribution in [0.2, 0.25) is 0 Å². The Kier molecular flexibility index (Phi) is 6.18. The molecule has 1 unspecified atom stereocenters. The van der Waals surface area contributed by atoms with E-state index >= 15 is 0 Å². The van der Waals surface area contributed by atoms with E-state index in [4.69, 9.17) is 9.47 Å². The number of carbonyl (C=O) groups excluding carboxylic acids is 2. The maximum atomic E-state index is 13.0. The molecular weight excluding hydrogens is 382 g/mol. The number of likely N-dealkylation sites (tertiary alicyclic amines) is 1. The highest BCUT2D eigenvalue weighted by molar-refractivity contribution is 5.83. The van der Waals surface area contributed by atoms with Crippen LogP contribution in [0.5, 0.6) is 5.75 Å². The molecular formula is C23H33N3O4. The normalized spacial score (nSPS) is 23.3. The molecule has 0 radical (unpaired) electrons. The molecule has 2 heterocycles. The molecule has 1 spiro atoms. The Morgan fingerprint density at radius 2 is 1.63 bits per heavy atom. The molecule has 3 fully saturated rings. The summed E-state index contributed by atoms with van der Waals surface area (Å²) in [6.07, 6.45) is 2.96. The highest BCUT2D eigenvalue weighted by Crippen LogP contribution is 2.60. The summed E-state index contributed by atoms with van der Waals surface area (Å²) in [5, 5.41) is 0. The van der Waals surface area contributed by atoms with E-state index in [1.165, 1.54) is 5.56 Å². The van der Waals surface area contributed by atoms with E-state index in [0.29, 0.717) is 38.7 Å². The third-order valence-corrected chi connectivity index (χ3v) is 7.02. The van der Waals surface area contributed by atoms with E-state index in [1.807, 2.05) is 24.0 Å².